The lowest BCUT2D eigenvalue weighted by Crippen LogP contribution is -2.46. The Hall–Kier alpha value is -2.95. The van der Waals surface area contributed by atoms with Gasteiger partial charge in [0, 0.05) is 30.8 Å². The van der Waals surface area contributed by atoms with Crippen molar-refractivity contribution in [2.24, 2.45) is 11.8 Å². The van der Waals surface area contributed by atoms with E-state index in [1.165, 1.54) is 12.8 Å². The number of amides is 2. The third-order valence-corrected chi connectivity index (χ3v) is 5.78. The van der Waals surface area contributed by atoms with Gasteiger partial charge in [-0.2, -0.15) is 0 Å². The summed E-state index contributed by atoms with van der Waals surface area (Å²) in [6.45, 7) is 1.76. The topological polar surface area (TPSA) is 66.5 Å². The summed E-state index contributed by atoms with van der Waals surface area (Å²) in [5.74, 6) is 0.164. The molecule has 5 heteroatoms. The molecule has 2 amide bonds. The fourth-order valence-corrected chi connectivity index (χ4v) is 3.87. The number of nitrogens with zero attached hydrogens (tertiary/aromatic N) is 1. The Morgan fingerprint density at radius 3 is 2.31 bits per heavy atom. The molecule has 150 valence electrons. The molecule has 1 unspecified atom stereocenters. The minimum atomic E-state index is -0.177. The average molecular weight is 390 g/mol. The summed E-state index contributed by atoms with van der Waals surface area (Å²) in [6.07, 6.45) is 3.98. The molecule has 2 fully saturated rings. The Bertz CT molecular complexity index is 905. The van der Waals surface area contributed by atoms with Crippen LogP contribution in [0.5, 0.6) is 0 Å². The number of nitrogens with one attached hydrogen (secondary N) is 1. The van der Waals surface area contributed by atoms with E-state index in [0.29, 0.717) is 35.7 Å². The minimum absolute atomic E-state index is 0.0445. The molecular weight excluding hydrogens is 364 g/mol. The zero-order valence-corrected chi connectivity index (χ0v) is 16.5. The van der Waals surface area contributed by atoms with Crippen molar-refractivity contribution in [3.8, 4) is 0 Å². The first-order chi connectivity index (χ1) is 14.1. The first kappa shape index (κ1) is 19.4. The van der Waals surface area contributed by atoms with E-state index in [1.54, 1.807) is 41.3 Å². The summed E-state index contributed by atoms with van der Waals surface area (Å²) in [6, 6.07) is 15.9. The molecule has 1 atom stereocenters. The van der Waals surface area contributed by atoms with Crippen LogP contribution in [0.2, 0.25) is 0 Å². The number of rotatable bonds is 6. The summed E-state index contributed by atoms with van der Waals surface area (Å²) in [5.41, 5.74) is 1.37. The number of benzene rings is 2. The summed E-state index contributed by atoms with van der Waals surface area (Å²) < 4.78 is 0. The normalized spacial score (nSPS) is 18.9. The van der Waals surface area contributed by atoms with Crippen molar-refractivity contribution in [1.82, 2.24) is 10.2 Å². The highest BCUT2D eigenvalue weighted by molar-refractivity contribution is 6.15. The molecule has 0 spiro atoms. The molecule has 0 aromatic heterocycles. The van der Waals surface area contributed by atoms with Crippen LogP contribution in [0.15, 0.2) is 54.6 Å². The average Bonchev–Trinajstić information content (AvgIpc) is 3.62. The molecule has 2 aliphatic rings. The van der Waals surface area contributed by atoms with Crippen molar-refractivity contribution in [2.75, 3.05) is 19.6 Å². The highest BCUT2D eigenvalue weighted by Gasteiger charge is 2.31. The Labute approximate surface area is 171 Å². The van der Waals surface area contributed by atoms with Crippen molar-refractivity contribution in [3.05, 3.63) is 71.3 Å². The maximum atomic E-state index is 13.2. The number of likely N-dealkylation sites (tertiary alicyclic amines) is 1. The second-order valence-corrected chi connectivity index (χ2v) is 8.02. The number of ketones is 1. The van der Waals surface area contributed by atoms with E-state index in [-0.39, 0.29) is 23.5 Å². The summed E-state index contributed by atoms with van der Waals surface area (Å²) in [5, 5.41) is 3.03. The minimum Gasteiger partial charge on any atom is -0.356 e. The van der Waals surface area contributed by atoms with Gasteiger partial charge in [0.2, 0.25) is 5.91 Å². The molecule has 1 saturated carbocycles. The van der Waals surface area contributed by atoms with E-state index < -0.39 is 0 Å². The fraction of sp³-hybridized carbons (Fsp3) is 0.375. The van der Waals surface area contributed by atoms with Gasteiger partial charge >= 0.3 is 0 Å². The first-order valence-electron chi connectivity index (χ1n) is 10.4. The number of hydrogen-bond acceptors (Lipinski definition) is 3. The number of piperidine rings is 1. The molecule has 2 aromatic rings. The molecule has 2 aromatic carbocycles. The molecule has 0 radical (unpaired) electrons. The van der Waals surface area contributed by atoms with Gasteiger partial charge in [-0.15, -0.1) is 0 Å². The van der Waals surface area contributed by atoms with Gasteiger partial charge in [0.25, 0.3) is 5.91 Å². The number of carbonyl (C=O) groups excluding carboxylic acids is 3. The highest BCUT2D eigenvalue weighted by Crippen LogP contribution is 2.28. The number of carbonyl (C=O) groups is 3. The van der Waals surface area contributed by atoms with Crippen LogP contribution in [0.4, 0.5) is 0 Å². The Morgan fingerprint density at radius 1 is 0.897 bits per heavy atom. The third kappa shape index (κ3) is 4.56. The van der Waals surface area contributed by atoms with Gasteiger partial charge in [0.1, 0.15) is 0 Å². The quantitative estimate of drug-likeness (QED) is 0.770. The second-order valence-electron chi connectivity index (χ2n) is 8.02. The van der Waals surface area contributed by atoms with Gasteiger partial charge < -0.3 is 10.2 Å². The molecule has 5 nitrogen and oxygen atoms in total. The van der Waals surface area contributed by atoms with Crippen molar-refractivity contribution in [3.63, 3.8) is 0 Å². The summed E-state index contributed by atoms with van der Waals surface area (Å²) in [7, 11) is 0. The van der Waals surface area contributed by atoms with Crippen LogP contribution >= 0.6 is 0 Å². The summed E-state index contributed by atoms with van der Waals surface area (Å²) in [4.78, 5) is 40.4. The zero-order chi connectivity index (χ0) is 20.2. The van der Waals surface area contributed by atoms with Crippen LogP contribution in [0.3, 0.4) is 0 Å². The van der Waals surface area contributed by atoms with Crippen molar-refractivity contribution in [1.29, 1.82) is 0 Å². The summed E-state index contributed by atoms with van der Waals surface area (Å²) >= 11 is 0. The molecule has 1 saturated heterocycles. The van der Waals surface area contributed by atoms with Gasteiger partial charge in [0.15, 0.2) is 5.78 Å². The Morgan fingerprint density at radius 2 is 1.59 bits per heavy atom. The smallest absolute Gasteiger partial charge is 0.254 e. The highest BCUT2D eigenvalue weighted by atomic mass is 16.2. The van der Waals surface area contributed by atoms with Gasteiger partial charge in [-0.3, -0.25) is 14.4 Å². The predicted molar refractivity (Wildman–Crippen MR) is 111 cm³/mol. The maximum Gasteiger partial charge on any atom is 0.254 e. The van der Waals surface area contributed by atoms with E-state index in [9.17, 15) is 14.4 Å². The van der Waals surface area contributed by atoms with Crippen molar-refractivity contribution < 1.29 is 14.4 Å². The lowest BCUT2D eigenvalue weighted by atomic mass is 9.94. The van der Waals surface area contributed by atoms with Gasteiger partial charge in [-0.25, -0.2) is 0 Å². The monoisotopic (exact) mass is 390 g/mol. The second kappa shape index (κ2) is 8.60. The fourth-order valence-electron chi connectivity index (χ4n) is 3.87. The molecule has 0 bridgehead atoms. The van der Waals surface area contributed by atoms with E-state index in [2.05, 4.69) is 5.32 Å². The zero-order valence-electron chi connectivity index (χ0n) is 16.5. The maximum absolute atomic E-state index is 13.2. The van der Waals surface area contributed by atoms with E-state index in [4.69, 9.17) is 0 Å². The largest absolute Gasteiger partial charge is 0.356 e. The van der Waals surface area contributed by atoms with Crippen LogP contribution in [0, 0.1) is 11.8 Å². The van der Waals surface area contributed by atoms with Crippen molar-refractivity contribution >= 4 is 17.6 Å². The van der Waals surface area contributed by atoms with E-state index in [0.717, 1.165) is 19.4 Å². The van der Waals surface area contributed by atoms with Crippen LogP contribution in [-0.2, 0) is 4.79 Å². The third-order valence-electron chi connectivity index (χ3n) is 5.78. The van der Waals surface area contributed by atoms with E-state index >= 15 is 0 Å². The van der Waals surface area contributed by atoms with Crippen molar-refractivity contribution in [2.45, 2.75) is 25.7 Å². The van der Waals surface area contributed by atoms with E-state index in [1.807, 2.05) is 18.2 Å². The van der Waals surface area contributed by atoms with Gasteiger partial charge in [0.05, 0.1) is 11.5 Å². The van der Waals surface area contributed by atoms with Crippen LogP contribution in [-0.4, -0.2) is 42.1 Å². The van der Waals surface area contributed by atoms with Crippen LogP contribution in [0.25, 0.3) is 0 Å². The molecule has 29 heavy (non-hydrogen) atoms. The standard InChI is InChI=1S/C24H26N2O3/c27-22(18-7-2-1-3-8-18)20-10-4-5-11-21(20)24(29)26-14-6-9-19(16-26)23(28)25-15-17-12-13-17/h1-5,7-8,10-11,17,19H,6,9,12-16H2,(H,25,28). The molecule has 1 N–H and O–H groups in total. The van der Waals surface area contributed by atoms with Crippen LogP contribution < -0.4 is 5.32 Å². The number of hydrogen-bond donors (Lipinski definition) is 1. The molecule has 1 aliphatic carbocycles. The Balaban J connectivity index is 1.49. The lowest BCUT2D eigenvalue weighted by Gasteiger charge is -2.32. The SMILES string of the molecule is O=C(c1ccccc1)c1ccccc1C(=O)N1CCCC(C(=O)NCC2CC2)C1. The Kier molecular flexibility index (Phi) is 5.74. The van der Waals surface area contributed by atoms with Gasteiger partial charge in [-0.1, -0.05) is 48.5 Å². The first-order valence-corrected chi connectivity index (χ1v) is 10.4. The molecule has 4 rings (SSSR count). The van der Waals surface area contributed by atoms with Gasteiger partial charge in [-0.05, 0) is 37.7 Å². The lowest BCUT2D eigenvalue weighted by molar-refractivity contribution is -0.126. The molecule has 1 heterocycles. The molecule has 1 aliphatic heterocycles. The van der Waals surface area contributed by atoms with Crippen LogP contribution in [0.1, 0.15) is 52.0 Å². The predicted octanol–water partition coefficient (Wildman–Crippen LogP) is 3.30. The molecular formula is C24H26N2O3.